The van der Waals surface area contributed by atoms with Crippen LogP contribution in [0.3, 0.4) is 0 Å². The fourth-order valence-corrected chi connectivity index (χ4v) is 1.71. The molecule has 0 radical (unpaired) electrons. The Labute approximate surface area is 105 Å². The lowest BCUT2D eigenvalue weighted by Crippen LogP contribution is -2.13. The number of methoxy groups -OCH3 is 1. The highest BCUT2D eigenvalue weighted by atomic mass is 16.5. The van der Waals surface area contributed by atoms with E-state index in [9.17, 15) is 9.90 Å². The molecule has 0 bridgehead atoms. The smallest absolute Gasteiger partial charge is 0.339 e. The van der Waals surface area contributed by atoms with Gasteiger partial charge < -0.3 is 14.4 Å². The number of aromatic nitrogens is 2. The van der Waals surface area contributed by atoms with Gasteiger partial charge in [-0.25, -0.2) is 9.78 Å². The Bertz CT molecular complexity index is 546. The van der Waals surface area contributed by atoms with Crippen molar-refractivity contribution in [2.75, 3.05) is 7.11 Å². The van der Waals surface area contributed by atoms with Crippen LogP contribution in [0, 0.1) is 0 Å². The van der Waals surface area contributed by atoms with Crippen LogP contribution in [0.1, 0.15) is 11.7 Å². The molecule has 0 amide bonds. The van der Waals surface area contributed by atoms with Crippen molar-refractivity contribution in [1.29, 1.82) is 0 Å². The van der Waals surface area contributed by atoms with E-state index in [2.05, 4.69) is 9.72 Å². The van der Waals surface area contributed by atoms with Gasteiger partial charge in [0.1, 0.15) is 5.82 Å². The summed E-state index contributed by atoms with van der Waals surface area (Å²) in [6, 6.07) is 6.99. The highest BCUT2D eigenvalue weighted by Gasteiger charge is 2.17. The molecule has 1 unspecified atom stereocenters. The number of esters is 1. The van der Waals surface area contributed by atoms with E-state index >= 15 is 0 Å². The molecule has 1 heterocycles. The van der Waals surface area contributed by atoms with Gasteiger partial charge in [-0.2, -0.15) is 0 Å². The SMILES string of the molecule is COC(=O)C(O)c1ccc(-c2nccn2C)cc1. The number of aliphatic hydroxyl groups excluding tert-OH is 1. The molecule has 0 fully saturated rings. The van der Waals surface area contributed by atoms with Crippen molar-refractivity contribution in [2.24, 2.45) is 7.05 Å². The first-order valence-corrected chi connectivity index (χ1v) is 5.47. The van der Waals surface area contributed by atoms with Crippen molar-refractivity contribution in [3.8, 4) is 11.4 Å². The largest absolute Gasteiger partial charge is 0.467 e. The first-order chi connectivity index (χ1) is 8.63. The number of ether oxygens (including phenoxy) is 1. The van der Waals surface area contributed by atoms with E-state index in [4.69, 9.17) is 0 Å². The zero-order chi connectivity index (χ0) is 13.1. The van der Waals surface area contributed by atoms with E-state index in [-0.39, 0.29) is 0 Å². The zero-order valence-corrected chi connectivity index (χ0v) is 10.2. The van der Waals surface area contributed by atoms with Gasteiger partial charge in [0, 0.05) is 25.0 Å². The predicted octanol–water partition coefficient (Wildman–Crippen LogP) is 1.29. The molecule has 94 valence electrons. The summed E-state index contributed by atoms with van der Waals surface area (Å²) in [7, 11) is 3.15. The second-order valence-corrected chi connectivity index (χ2v) is 3.91. The maximum absolute atomic E-state index is 11.2. The van der Waals surface area contributed by atoms with Gasteiger partial charge >= 0.3 is 5.97 Å². The molecule has 2 aromatic rings. The van der Waals surface area contributed by atoms with Crippen molar-refractivity contribution in [3.05, 3.63) is 42.2 Å². The topological polar surface area (TPSA) is 64.3 Å². The van der Waals surface area contributed by atoms with E-state index in [1.54, 1.807) is 18.3 Å². The van der Waals surface area contributed by atoms with Crippen LogP contribution in [0.25, 0.3) is 11.4 Å². The van der Waals surface area contributed by atoms with Crippen LogP contribution in [0.4, 0.5) is 0 Å². The minimum absolute atomic E-state index is 0.500. The second kappa shape index (κ2) is 5.01. The molecular weight excluding hydrogens is 232 g/mol. The molecule has 18 heavy (non-hydrogen) atoms. The minimum atomic E-state index is -1.24. The van der Waals surface area contributed by atoms with Gasteiger partial charge in [0.25, 0.3) is 0 Å². The molecule has 0 spiro atoms. The number of aryl methyl sites for hydroxylation is 1. The monoisotopic (exact) mass is 246 g/mol. The molecule has 1 N–H and O–H groups in total. The number of rotatable bonds is 3. The Morgan fingerprint density at radius 3 is 2.56 bits per heavy atom. The van der Waals surface area contributed by atoms with Crippen LogP contribution in [0.15, 0.2) is 36.7 Å². The summed E-state index contributed by atoms with van der Waals surface area (Å²) >= 11 is 0. The van der Waals surface area contributed by atoms with Gasteiger partial charge in [-0.1, -0.05) is 24.3 Å². The summed E-state index contributed by atoms with van der Waals surface area (Å²) in [5.41, 5.74) is 1.42. The highest BCUT2D eigenvalue weighted by molar-refractivity contribution is 5.76. The predicted molar refractivity (Wildman–Crippen MR) is 65.6 cm³/mol. The molecule has 1 aromatic carbocycles. The molecule has 2 rings (SSSR count). The number of carbonyl (C=O) groups excluding carboxylic acids is 1. The van der Waals surface area contributed by atoms with Gasteiger partial charge in [0.05, 0.1) is 7.11 Å². The van der Waals surface area contributed by atoms with Gasteiger partial charge in [-0.05, 0) is 5.56 Å². The number of aliphatic hydroxyl groups is 1. The van der Waals surface area contributed by atoms with Gasteiger partial charge in [0.2, 0.25) is 0 Å². The van der Waals surface area contributed by atoms with Crippen LogP contribution < -0.4 is 0 Å². The summed E-state index contributed by atoms with van der Waals surface area (Å²) in [5, 5.41) is 9.67. The van der Waals surface area contributed by atoms with Crippen LogP contribution in [0.5, 0.6) is 0 Å². The lowest BCUT2D eigenvalue weighted by Gasteiger charge is -2.09. The van der Waals surface area contributed by atoms with E-state index in [0.717, 1.165) is 11.4 Å². The fourth-order valence-electron chi connectivity index (χ4n) is 1.71. The Balaban J connectivity index is 2.26. The highest BCUT2D eigenvalue weighted by Crippen LogP contribution is 2.20. The van der Waals surface area contributed by atoms with E-state index in [1.807, 2.05) is 29.9 Å². The Hall–Kier alpha value is -2.14. The molecule has 5 nitrogen and oxygen atoms in total. The standard InChI is InChI=1S/C13H14N2O3/c1-15-8-7-14-12(15)10-5-3-9(4-6-10)11(16)13(17)18-2/h3-8,11,16H,1-2H3. The van der Waals surface area contributed by atoms with Crippen LogP contribution in [-0.2, 0) is 16.6 Å². The first kappa shape index (κ1) is 12.3. The number of benzene rings is 1. The maximum Gasteiger partial charge on any atom is 0.339 e. The second-order valence-electron chi connectivity index (χ2n) is 3.91. The molecule has 0 aliphatic heterocycles. The number of hydrogen-bond acceptors (Lipinski definition) is 4. The molecular formula is C13H14N2O3. The van der Waals surface area contributed by atoms with E-state index in [1.165, 1.54) is 7.11 Å². The molecule has 5 heteroatoms. The summed E-state index contributed by atoms with van der Waals surface area (Å²) in [4.78, 5) is 15.4. The van der Waals surface area contributed by atoms with Crippen LogP contribution in [-0.4, -0.2) is 27.7 Å². The molecule has 0 aliphatic carbocycles. The minimum Gasteiger partial charge on any atom is -0.467 e. The number of hydrogen-bond donors (Lipinski definition) is 1. The lowest BCUT2D eigenvalue weighted by molar-refractivity contribution is -0.150. The average molecular weight is 246 g/mol. The molecule has 0 saturated heterocycles. The van der Waals surface area contributed by atoms with Crippen molar-refractivity contribution in [2.45, 2.75) is 6.10 Å². The normalized spacial score (nSPS) is 12.2. The fraction of sp³-hybridized carbons (Fsp3) is 0.231. The lowest BCUT2D eigenvalue weighted by atomic mass is 10.1. The summed E-state index contributed by atoms with van der Waals surface area (Å²) in [5.74, 6) is 0.161. The number of imidazole rings is 1. The third kappa shape index (κ3) is 2.26. The van der Waals surface area contributed by atoms with Gasteiger partial charge in [-0.15, -0.1) is 0 Å². The van der Waals surface area contributed by atoms with Crippen LogP contribution >= 0.6 is 0 Å². The molecule has 1 atom stereocenters. The van der Waals surface area contributed by atoms with Gasteiger partial charge in [-0.3, -0.25) is 0 Å². The van der Waals surface area contributed by atoms with Crippen molar-refractivity contribution < 1.29 is 14.6 Å². The Kier molecular flexibility index (Phi) is 3.43. The van der Waals surface area contributed by atoms with Crippen molar-refractivity contribution in [1.82, 2.24) is 9.55 Å². The molecule has 0 saturated carbocycles. The number of nitrogens with zero attached hydrogens (tertiary/aromatic N) is 2. The molecule has 1 aromatic heterocycles. The van der Waals surface area contributed by atoms with Gasteiger partial charge in [0.15, 0.2) is 6.10 Å². The van der Waals surface area contributed by atoms with Crippen molar-refractivity contribution >= 4 is 5.97 Å². The zero-order valence-electron chi connectivity index (χ0n) is 10.2. The first-order valence-electron chi connectivity index (χ1n) is 5.47. The van der Waals surface area contributed by atoms with Crippen molar-refractivity contribution in [3.63, 3.8) is 0 Å². The third-order valence-corrected chi connectivity index (χ3v) is 2.73. The number of carbonyl (C=O) groups is 1. The maximum atomic E-state index is 11.2. The van der Waals surface area contributed by atoms with E-state index < -0.39 is 12.1 Å². The Morgan fingerprint density at radius 2 is 2.06 bits per heavy atom. The summed E-state index contributed by atoms with van der Waals surface area (Å²) < 4.78 is 6.38. The van der Waals surface area contributed by atoms with Crippen LogP contribution in [0.2, 0.25) is 0 Å². The average Bonchev–Trinajstić information content (AvgIpc) is 2.83. The summed E-state index contributed by atoms with van der Waals surface area (Å²) in [6.07, 6.45) is 2.32. The summed E-state index contributed by atoms with van der Waals surface area (Å²) in [6.45, 7) is 0. The molecule has 0 aliphatic rings. The quantitative estimate of drug-likeness (QED) is 0.829. The third-order valence-electron chi connectivity index (χ3n) is 2.73. The van der Waals surface area contributed by atoms with E-state index in [0.29, 0.717) is 5.56 Å². The Morgan fingerprint density at radius 1 is 1.39 bits per heavy atom.